The molecule has 0 saturated carbocycles. The molecule has 3 amide bonds. The smallest absolute Gasteiger partial charge is 0.419 e. The molecule has 0 saturated heterocycles. The first-order valence-corrected chi connectivity index (χ1v) is 15.2. The van der Waals surface area contributed by atoms with Gasteiger partial charge in [-0.25, -0.2) is 14.2 Å². The van der Waals surface area contributed by atoms with Crippen molar-refractivity contribution in [2.24, 2.45) is 5.92 Å². The highest BCUT2D eigenvalue weighted by molar-refractivity contribution is 5.96. The summed E-state index contributed by atoms with van der Waals surface area (Å²) in [4.78, 5) is 65.5. The maximum Gasteiger partial charge on any atom is 0.419 e. The highest BCUT2D eigenvalue weighted by Gasteiger charge is 2.25. The van der Waals surface area contributed by atoms with Crippen molar-refractivity contribution in [1.82, 2.24) is 19.4 Å². The van der Waals surface area contributed by atoms with Crippen molar-refractivity contribution in [2.75, 3.05) is 26.5 Å². The molecular weight excluding hydrogens is 590 g/mol. The first kappa shape index (κ1) is 35.6. The quantitative estimate of drug-likeness (QED) is 0.285. The number of pyridine rings is 1. The van der Waals surface area contributed by atoms with E-state index in [0.29, 0.717) is 23.5 Å². The van der Waals surface area contributed by atoms with E-state index < -0.39 is 35.3 Å². The van der Waals surface area contributed by atoms with E-state index in [1.807, 2.05) is 24.3 Å². The maximum atomic E-state index is 13.6. The van der Waals surface area contributed by atoms with Gasteiger partial charge in [0.1, 0.15) is 17.3 Å². The first-order valence-electron chi connectivity index (χ1n) is 15.2. The van der Waals surface area contributed by atoms with Crippen molar-refractivity contribution in [3.63, 3.8) is 0 Å². The minimum absolute atomic E-state index is 0.0112. The molecule has 2 aromatic heterocycles. The van der Waals surface area contributed by atoms with Crippen LogP contribution in [0.2, 0.25) is 0 Å². The molecule has 3 aromatic rings. The third kappa shape index (κ3) is 9.56. The summed E-state index contributed by atoms with van der Waals surface area (Å²) in [7, 11) is 4.42. The number of ether oxygens (including phenoxy) is 2. The van der Waals surface area contributed by atoms with Crippen LogP contribution >= 0.6 is 0 Å². The molecule has 0 aliphatic heterocycles. The second kappa shape index (κ2) is 15.4. The number of amides is 3. The molecule has 12 heteroatoms. The predicted octanol–water partition coefficient (Wildman–Crippen LogP) is 4.92. The zero-order valence-corrected chi connectivity index (χ0v) is 27.9. The summed E-state index contributed by atoms with van der Waals surface area (Å²) in [6, 6.07) is 9.72. The second-order valence-corrected chi connectivity index (χ2v) is 12.6. The Morgan fingerprint density at radius 3 is 2.41 bits per heavy atom. The number of likely N-dealkylation sites (N-methyl/N-ethyl adjacent to an activating group) is 1. The van der Waals surface area contributed by atoms with Gasteiger partial charge in [0.05, 0.1) is 24.9 Å². The number of nitrogens with zero attached hydrogens (tertiary/aromatic N) is 3. The number of aromatic nitrogens is 2. The van der Waals surface area contributed by atoms with Gasteiger partial charge in [-0.2, -0.15) is 0 Å². The van der Waals surface area contributed by atoms with Gasteiger partial charge >= 0.3 is 12.2 Å². The van der Waals surface area contributed by atoms with Crippen LogP contribution in [-0.2, 0) is 32.0 Å². The van der Waals surface area contributed by atoms with E-state index >= 15 is 0 Å². The van der Waals surface area contributed by atoms with Gasteiger partial charge in [0.25, 0.3) is 5.56 Å². The van der Waals surface area contributed by atoms with Crippen molar-refractivity contribution < 1.29 is 28.7 Å². The number of anilines is 1. The van der Waals surface area contributed by atoms with Gasteiger partial charge in [-0.1, -0.05) is 32.1 Å². The normalized spacial score (nSPS) is 12.3. The van der Waals surface area contributed by atoms with Crippen LogP contribution in [0.25, 0.3) is 10.9 Å². The average Bonchev–Trinajstić information content (AvgIpc) is 3.34. The molecule has 0 aliphatic rings. The topological polar surface area (TPSA) is 141 Å². The number of fused-ring (bicyclic) bond motifs is 1. The minimum Gasteiger partial charge on any atom is -0.453 e. The van der Waals surface area contributed by atoms with E-state index in [-0.39, 0.29) is 24.6 Å². The predicted molar refractivity (Wildman–Crippen MR) is 177 cm³/mol. The van der Waals surface area contributed by atoms with Gasteiger partial charge in [-0.15, -0.1) is 0 Å². The molecule has 12 nitrogen and oxygen atoms in total. The lowest BCUT2D eigenvalue weighted by molar-refractivity contribution is -0.123. The fourth-order valence-corrected chi connectivity index (χ4v) is 4.82. The van der Waals surface area contributed by atoms with Gasteiger partial charge in [0.2, 0.25) is 11.8 Å². The maximum absolute atomic E-state index is 13.6. The highest BCUT2D eigenvalue weighted by atomic mass is 16.6. The molecule has 0 fully saturated rings. The van der Waals surface area contributed by atoms with Crippen molar-refractivity contribution in [2.45, 2.75) is 72.1 Å². The van der Waals surface area contributed by atoms with Crippen LogP contribution in [0.5, 0.6) is 0 Å². The summed E-state index contributed by atoms with van der Waals surface area (Å²) in [5, 5.41) is 5.99. The van der Waals surface area contributed by atoms with Gasteiger partial charge < -0.3 is 29.6 Å². The molecule has 1 aromatic carbocycles. The molecule has 0 spiro atoms. The van der Waals surface area contributed by atoms with Gasteiger partial charge in [0.15, 0.2) is 0 Å². The Balaban J connectivity index is 1.94. The van der Waals surface area contributed by atoms with E-state index in [1.165, 1.54) is 33.3 Å². The SMILES string of the molecule is COC(=O)NC(CCC=CC(=O)N(C)C)C(=O)Nc1cccn(Cc2cc3c(CC(C)C)cccc3n2C(=O)OC(C)(C)C)c1=O. The Morgan fingerprint density at radius 1 is 1.07 bits per heavy atom. The van der Waals surface area contributed by atoms with E-state index in [0.717, 1.165) is 17.4 Å². The molecular formula is C34H45N5O7. The number of nitrogens with one attached hydrogen (secondary N) is 2. The Labute approximate surface area is 269 Å². The van der Waals surface area contributed by atoms with E-state index in [2.05, 4.69) is 29.2 Å². The Morgan fingerprint density at radius 2 is 1.78 bits per heavy atom. The van der Waals surface area contributed by atoms with E-state index in [4.69, 9.17) is 4.74 Å². The largest absolute Gasteiger partial charge is 0.453 e. The summed E-state index contributed by atoms with van der Waals surface area (Å²) in [6.07, 6.45) is 4.43. The van der Waals surface area contributed by atoms with Gasteiger partial charge in [0, 0.05) is 25.7 Å². The molecule has 2 N–H and O–H groups in total. The molecule has 1 unspecified atom stereocenters. The number of hydrogen-bond donors (Lipinski definition) is 2. The molecule has 0 bridgehead atoms. The average molecular weight is 636 g/mol. The van der Waals surface area contributed by atoms with Crippen molar-refractivity contribution in [3.8, 4) is 0 Å². The van der Waals surface area contributed by atoms with Gasteiger partial charge in [-0.3, -0.25) is 14.4 Å². The summed E-state index contributed by atoms with van der Waals surface area (Å²) < 4.78 is 13.3. The van der Waals surface area contributed by atoms with Crippen LogP contribution in [-0.4, -0.2) is 70.9 Å². The minimum atomic E-state index is -1.05. The number of rotatable bonds is 11. The fraction of sp³-hybridized carbons (Fsp3) is 0.441. The number of allylic oxidation sites excluding steroid dienone is 1. The number of methoxy groups -OCH3 is 1. The lowest BCUT2D eigenvalue weighted by Gasteiger charge is -2.21. The Bertz CT molecular complexity index is 1660. The van der Waals surface area contributed by atoms with Crippen LogP contribution in [0.15, 0.2) is 59.5 Å². The number of carbonyl (C=O) groups excluding carboxylic acids is 4. The summed E-state index contributed by atoms with van der Waals surface area (Å²) in [5.74, 6) is -0.460. The third-order valence-corrected chi connectivity index (χ3v) is 6.94. The number of hydrogen-bond acceptors (Lipinski definition) is 7. The summed E-state index contributed by atoms with van der Waals surface area (Å²) in [5.41, 5.74) is 1.03. The standard InChI is InChI=1S/C34H45N5O7/c1-22(2)19-23-13-11-16-28-25(23)20-24(39(28)33(44)46-34(3,4)5)21-38-18-12-15-27(31(38)42)35-30(41)26(36-32(43)45-8)14-9-10-17-29(40)37(6)7/h10-13,15-18,20,22,26H,9,14,19,21H2,1-8H3,(H,35,41)(H,36,43). The van der Waals surface area contributed by atoms with Crippen molar-refractivity contribution in [3.05, 3.63) is 76.4 Å². The first-order chi connectivity index (χ1) is 21.6. The molecule has 248 valence electrons. The van der Waals surface area contributed by atoms with Crippen molar-refractivity contribution in [1.29, 1.82) is 0 Å². The van der Waals surface area contributed by atoms with Crippen molar-refractivity contribution >= 4 is 40.6 Å². The van der Waals surface area contributed by atoms with E-state index in [9.17, 15) is 24.0 Å². The zero-order valence-electron chi connectivity index (χ0n) is 27.9. The number of benzene rings is 1. The monoisotopic (exact) mass is 635 g/mol. The summed E-state index contributed by atoms with van der Waals surface area (Å²) >= 11 is 0. The second-order valence-electron chi connectivity index (χ2n) is 12.6. The van der Waals surface area contributed by atoms with Crippen LogP contribution < -0.4 is 16.2 Å². The molecule has 1 atom stereocenters. The molecule has 0 aliphatic carbocycles. The van der Waals surface area contributed by atoms with Gasteiger partial charge in [-0.05, 0) is 81.9 Å². The number of alkyl carbamates (subject to hydrolysis) is 1. The van der Waals surface area contributed by atoms with Crippen LogP contribution in [0.4, 0.5) is 15.3 Å². The lowest BCUT2D eigenvalue weighted by atomic mass is 10.00. The molecule has 2 heterocycles. The third-order valence-electron chi connectivity index (χ3n) is 6.94. The number of carbonyl (C=O) groups is 4. The van der Waals surface area contributed by atoms with Crippen LogP contribution in [0.1, 0.15) is 58.7 Å². The lowest BCUT2D eigenvalue weighted by Crippen LogP contribution is -2.44. The fourth-order valence-electron chi connectivity index (χ4n) is 4.82. The molecule has 3 rings (SSSR count). The molecule has 46 heavy (non-hydrogen) atoms. The Kier molecular flexibility index (Phi) is 11.9. The van der Waals surface area contributed by atoms with Crippen LogP contribution in [0, 0.1) is 5.92 Å². The molecule has 0 radical (unpaired) electrons. The summed E-state index contributed by atoms with van der Waals surface area (Å²) in [6.45, 7) is 9.64. The van der Waals surface area contributed by atoms with Crippen LogP contribution in [0.3, 0.4) is 0 Å². The Hall–Kier alpha value is -4.87. The zero-order chi connectivity index (χ0) is 34.2. The highest BCUT2D eigenvalue weighted by Crippen LogP contribution is 2.27. The van der Waals surface area contributed by atoms with E-state index in [1.54, 1.807) is 53.2 Å².